The first-order valence-corrected chi connectivity index (χ1v) is 9.89. The molecule has 0 aromatic rings. The van der Waals surface area contributed by atoms with Crippen LogP contribution < -0.4 is 0 Å². The summed E-state index contributed by atoms with van der Waals surface area (Å²) in [5.74, 6) is 2.87. The molecule has 0 spiro atoms. The van der Waals surface area contributed by atoms with Gasteiger partial charge in [0.1, 0.15) is 0 Å². The molecule has 0 aliphatic heterocycles. The molecular weight excluding hydrogens is 272 g/mol. The maximum absolute atomic E-state index is 11.2. The number of hydrogen-bond acceptors (Lipinski definition) is 2. The Morgan fingerprint density at radius 2 is 1.82 bits per heavy atom. The molecule has 2 N–H and O–H groups in total. The topological polar surface area (TPSA) is 40.5 Å². The van der Waals surface area contributed by atoms with E-state index in [2.05, 4.69) is 20.8 Å². The normalized spacial score (nSPS) is 52.0. The lowest BCUT2D eigenvalue weighted by Gasteiger charge is -2.62. The van der Waals surface area contributed by atoms with E-state index in [1.165, 1.54) is 38.5 Å². The zero-order valence-corrected chi connectivity index (χ0v) is 14.8. The van der Waals surface area contributed by atoms with Crippen molar-refractivity contribution in [1.29, 1.82) is 0 Å². The Morgan fingerprint density at radius 1 is 1.05 bits per heavy atom. The molecule has 0 saturated heterocycles. The molecule has 0 unspecified atom stereocenters. The second kappa shape index (κ2) is 6.43. The molecule has 3 aliphatic carbocycles. The van der Waals surface area contributed by atoms with Crippen LogP contribution in [0.3, 0.4) is 0 Å². The summed E-state index contributed by atoms with van der Waals surface area (Å²) in [5.41, 5.74) is 0.357. The molecule has 0 aromatic carbocycles. The number of aliphatic hydroxyl groups is 2. The van der Waals surface area contributed by atoms with Crippen molar-refractivity contribution in [1.82, 2.24) is 0 Å². The van der Waals surface area contributed by atoms with Gasteiger partial charge in [0.25, 0.3) is 0 Å². The second-order valence-electron chi connectivity index (χ2n) is 8.77. The third-order valence-corrected chi connectivity index (χ3v) is 7.82. The van der Waals surface area contributed by atoms with Crippen LogP contribution in [0.1, 0.15) is 78.6 Å². The Balaban J connectivity index is 1.94. The maximum atomic E-state index is 11.2. The summed E-state index contributed by atoms with van der Waals surface area (Å²) in [5, 5.41) is 21.4. The summed E-state index contributed by atoms with van der Waals surface area (Å²) >= 11 is 0. The van der Waals surface area contributed by atoms with Crippen LogP contribution in [0.25, 0.3) is 0 Å². The minimum atomic E-state index is -0.133. The van der Waals surface area contributed by atoms with E-state index in [1.54, 1.807) is 0 Å². The van der Waals surface area contributed by atoms with Gasteiger partial charge in [0, 0.05) is 0 Å². The zero-order chi connectivity index (χ0) is 15.9. The van der Waals surface area contributed by atoms with Gasteiger partial charge < -0.3 is 10.2 Å². The molecule has 8 atom stereocenters. The lowest BCUT2D eigenvalue weighted by atomic mass is 9.44. The van der Waals surface area contributed by atoms with Crippen LogP contribution in [-0.4, -0.2) is 22.4 Å². The summed E-state index contributed by atoms with van der Waals surface area (Å²) in [6.07, 6.45) is 10.4. The third kappa shape index (κ3) is 2.55. The second-order valence-corrected chi connectivity index (χ2v) is 8.77. The van der Waals surface area contributed by atoms with E-state index in [4.69, 9.17) is 0 Å². The summed E-state index contributed by atoms with van der Waals surface area (Å²) < 4.78 is 0. The quantitative estimate of drug-likeness (QED) is 0.812. The summed E-state index contributed by atoms with van der Waals surface area (Å²) in [6.45, 7) is 7.04. The monoisotopic (exact) mass is 308 g/mol. The lowest BCUT2D eigenvalue weighted by Crippen LogP contribution is -2.59. The van der Waals surface area contributed by atoms with Gasteiger partial charge in [-0.15, -0.1) is 0 Å². The lowest BCUT2D eigenvalue weighted by molar-refractivity contribution is -0.184. The van der Waals surface area contributed by atoms with Gasteiger partial charge in [0.15, 0.2) is 0 Å². The predicted molar refractivity (Wildman–Crippen MR) is 90.5 cm³/mol. The molecule has 3 fully saturated rings. The SMILES string of the molecule is CCC[C@@H]1CCC[C@H]2[C@H]1[C@H](O)[C@H](CC)[C@@H]1C[C@H](O)CC[C@@]12C. The molecule has 2 nitrogen and oxygen atoms in total. The van der Waals surface area contributed by atoms with Gasteiger partial charge in [-0.25, -0.2) is 0 Å². The molecule has 3 aliphatic rings. The number of aliphatic hydroxyl groups excluding tert-OH is 2. The minimum absolute atomic E-state index is 0.129. The van der Waals surface area contributed by atoms with E-state index in [1.807, 2.05) is 0 Å². The fraction of sp³-hybridized carbons (Fsp3) is 1.00. The summed E-state index contributed by atoms with van der Waals surface area (Å²) in [6, 6.07) is 0. The van der Waals surface area contributed by atoms with Crippen LogP contribution in [0, 0.1) is 35.0 Å². The molecule has 0 amide bonds. The van der Waals surface area contributed by atoms with Gasteiger partial charge in [-0.2, -0.15) is 0 Å². The van der Waals surface area contributed by atoms with E-state index in [9.17, 15) is 10.2 Å². The highest BCUT2D eigenvalue weighted by Crippen LogP contribution is 2.62. The average Bonchev–Trinajstić information content (AvgIpc) is 2.51. The first-order valence-electron chi connectivity index (χ1n) is 9.89. The van der Waals surface area contributed by atoms with Gasteiger partial charge in [-0.3, -0.25) is 0 Å². The first kappa shape index (κ1) is 16.8. The molecule has 0 radical (unpaired) electrons. The Hall–Kier alpha value is -0.0800. The van der Waals surface area contributed by atoms with Crippen LogP contribution in [0.5, 0.6) is 0 Å². The minimum Gasteiger partial charge on any atom is -0.393 e. The molecular formula is C20H36O2. The Morgan fingerprint density at radius 3 is 2.50 bits per heavy atom. The highest BCUT2D eigenvalue weighted by Gasteiger charge is 2.58. The van der Waals surface area contributed by atoms with Crippen LogP contribution in [0.4, 0.5) is 0 Å². The maximum Gasteiger partial charge on any atom is 0.0604 e. The molecule has 22 heavy (non-hydrogen) atoms. The van der Waals surface area contributed by atoms with E-state index in [0.717, 1.165) is 25.2 Å². The predicted octanol–water partition coefficient (Wildman–Crippen LogP) is 4.39. The zero-order valence-electron chi connectivity index (χ0n) is 14.8. The van der Waals surface area contributed by atoms with Crippen molar-refractivity contribution in [3.8, 4) is 0 Å². The van der Waals surface area contributed by atoms with Crippen molar-refractivity contribution in [3.05, 3.63) is 0 Å². The van der Waals surface area contributed by atoms with Crippen molar-refractivity contribution in [2.75, 3.05) is 0 Å². The molecule has 2 heteroatoms. The third-order valence-electron chi connectivity index (χ3n) is 7.82. The van der Waals surface area contributed by atoms with Crippen molar-refractivity contribution in [2.45, 2.75) is 90.8 Å². The Kier molecular flexibility index (Phi) is 4.90. The number of hydrogen-bond donors (Lipinski definition) is 2. The highest BCUT2D eigenvalue weighted by molar-refractivity contribution is 5.07. The van der Waals surface area contributed by atoms with E-state index >= 15 is 0 Å². The summed E-state index contributed by atoms with van der Waals surface area (Å²) in [7, 11) is 0. The van der Waals surface area contributed by atoms with Gasteiger partial charge in [0.05, 0.1) is 12.2 Å². The molecule has 0 aromatic heterocycles. The van der Waals surface area contributed by atoms with Gasteiger partial charge in [-0.05, 0) is 60.7 Å². The smallest absolute Gasteiger partial charge is 0.0604 e. The molecule has 3 saturated carbocycles. The fourth-order valence-electron chi connectivity index (χ4n) is 6.82. The van der Waals surface area contributed by atoms with E-state index in [0.29, 0.717) is 29.1 Å². The Bertz CT molecular complexity index is 380. The van der Waals surface area contributed by atoms with Gasteiger partial charge in [0.2, 0.25) is 0 Å². The van der Waals surface area contributed by atoms with Gasteiger partial charge >= 0.3 is 0 Å². The van der Waals surface area contributed by atoms with E-state index < -0.39 is 0 Å². The first-order chi connectivity index (χ1) is 10.5. The van der Waals surface area contributed by atoms with Crippen molar-refractivity contribution in [2.24, 2.45) is 35.0 Å². The standard InChI is InChI=1S/C20H36O2/c1-4-7-13-8-6-9-16-18(13)19(22)15(5-2)17-12-14(21)10-11-20(16,17)3/h13-19,21-22H,4-12H2,1-3H3/t13-,14-,15-,16+,17+,18+,19-,20-/m1/s1. The molecule has 0 heterocycles. The molecule has 0 bridgehead atoms. The fourth-order valence-corrected chi connectivity index (χ4v) is 6.82. The van der Waals surface area contributed by atoms with Crippen LogP contribution in [0.15, 0.2) is 0 Å². The molecule has 128 valence electrons. The van der Waals surface area contributed by atoms with Crippen LogP contribution in [-0.2, 0) is 0 Å². The largest absolute Gasteiger partial charge is 0.393 e. The van der Waals surface area contributed by atoms with Crippen LogP contribution >= 0.6 is 0 Å². The number of fused-ring (bicyclic) bond motifs is 3. The van der Waals surface area contributed by atoms with Gasteiger partial charge in [-0.1, -0.05) is 52.9 Å². The van der Waals surface area contributed by atoms with Crippen molar-refractivity contribution < 1.29 is 10.2 Å². The Labute approximate surface area is 136 Å². The van der Waals surface area contributed by atoms with Crippen LogP contribution in [0.2, 0.25) is 0 Å². The average molecular weight is 309 g/mol. The van der Waals surface area contributed by atoms with E-state index in [-0.39, 0.29) is 12.2 Å². The summed E-state index contributed by atoms with van der Waals surface area (Å²) in [4.78, 5) is 0. The van der Waals surface area contributed by atoms with Crippen molar-refractivity contribution in [3.63, 3.8) is 0 Å². The highest BCUT2D eigenvalue weighted by atomic mass is 16.3. The molecule has 3 rings (SSSR count). The van der Waals surface area contributed by atoms with Crippen molar-refractivity contribution >= 4 is 0 Å². The number of rotatable bonds is 3.